The Labute approximate surface area is 318 Å². The first-order chi connectivity index (χ1) is 25.3. The number of unbranched alkanes of at least 4 members (excludes halogenated alkanes) is 23. The third-order valence-electron chi connectivity index (χ3n) is 10.3. The van der Waals surface area contributed by atoms with Crippen LogP contribution in [-0.2, 0) is 14.3 Å². The number of hydrogen-bond donors (Lipinski definition) is 6. The van der Waals surface area contributed by atoms with Gasteiger partial charge in [-0.2, -0.15) is 0 Å². The van der Waals surface area contributed by atoms with Gasteiger partial charge < -0.3 is 40.3 Å². The number of aliphatic hydroxyl groups excluding tert-OH is 5. The smallest absolute Gasteiger partial charge is 0.220 e. The van der Waals surface area contributed by atoms with E-state index in [-0.39, 0.29) is 12.5 Å². The number of rotatable bonds is 35. The Bertz CT molecular complexity index is 868. The number of amides is 1. The molecule has 0 spiro atoms. The minimum Gasteiger partial charge on any atom is -0.394 e. The summed E-state index contributed by atoms with van der Waals surface area (Å²) in [6.07, 6.45) is 32.4. The van der Waals surface area contributed by atoms with E-state index in [1.807, 2.05) is 6.08 Å². The molecule has 0 aromatic rings. The number of carbonyl (C=O) groups is 1. The molecule has 0 aliphatic carbocycles. The summed E-state index contributed by atoms with van der Waals surface area (Å²) in [6.45, 7) is 3.70. The lowest BCUT2D eigenvalue weighted by molar-refractivity contribution is -0.302. The molecule has 2 unspecified atom stereocenters. The van der Waals surface area contributed by atoms with Gasteiger partial charge in [0.2, 0.25) is 5.91 Å². The number of ether oxygens (including phenoxy) is 2. The maximum atomic E-state index is 12.9. The zero-order chi connectivity index (χ0) is 38.1. The number of allylic oxidation sites excluding steroid dienone is 3. The van der Waals surface area contributed by atoms with Crippen LogP contribution in [0.1, 0.15) is 187 Å². The molecule has 0 bridgehead atoms. The fourth-order valence-electron chi connectivity index (χ4n) is 6.76. The van der Waals surface area contributed by atoms with Crippen molar-refractivity contribution in [1.29, 1.82) is 0 Å². The first-order valence-electron chi connectivity index (χ1n) is 21.6. The first kappa shape index (κ1) is 48.7. The summed E-state index contributed by atoms with van der Waals surface area (Å²) in [5, 5.41) is 53.9. The van der Waals surface area contributed by atoms with Crippen molar-refractivity contribution in [2.45, 2.75) is 230 Å². The van der Waals surface area contributed by atoms with E-state index >= 15 is 0 Å². The van der Waals surface area contributed by atoms with Crippen LogP contribution in [0.25, 0.3) is 0 Å². The van der Waals surface area contributed by atoms with Gasteiger partial charge in [-0.15, -0.1) is 0 Å². The largest absolute Gasteiger partial charge is 0.394 e. The minimum absolute atomic E-state index is 0.188. The topological polar surface area (TPSA) is 149 Å². The molecule has 1 heterocycles. The van der Waals surface area contributed by atoms with Crippen molar-refractivity contribution in [3.8, 4) is 0 Å². The Balaban J connectivity index is 2.30. The summed E-state index contributed by atoms with van der Waals surface area (Å²) in [5.74, 6) is -0.188. The predicted octanol–water partition coefficient (Wildman–Crippen LogP) is 8.33. The molecule has 1 aliphatic rings. The summed E-state index contributed by atoms with van der Waals surface area (Å²) < 4.78 is 11.1. The molecule has 9 nitrogen and oxygen atoms in total. The summed E-state index contributed by atoms with van der Waals surface area (Å²) in [6, 6.07) is -0.814. The van der Waals surface area contributed by atoms with Gasteiger partial charge in [0, 0.05) is 6.42 Å². The van der Waals surface area contributed by atoms with E-state index in [1.165, 1.54) is 128 Å². The summed E-state index contributed by atoms with van der Waals surface area (Å²) in [5.41, 5.74) is 0. The molecule has 0 aromatic heterocycles. The van der Waals surface area contributed by atoms with E-state index in [9.17, 15) is 30.3 Å². The van der Waals surface area contributed by atoms with Crippen LogP contribution in [0.4, 0.5) is 0 Å². The molecule has 7 atom stereocenters. The molecule has 1 amide bonds. The van der Waals surface area contributed by atoms with Crippen molar-refractivity contribution >= 4 is 5.91 Å². The Morgan fingerprint density at radius 3 is 1.62 bits per heavy atom. The van der Waals surface area contributed by atoms with Crippen molar-refractivity contribution in [3.63, 3.8) is 0 Å². The van der Waals surface area contributed by atoms with Crippen LogP contribution in [0.15, 0.2) is 24.3 Å². The van der Waals surface area contributed by atoms with Gasteiger partial charge in [-0.05, 0) is 32.1 Å². The molecule has 1 saturated heterocycles. The quantitative estimate of drug-likeness (QED) is 0.0281. The molecule has 6 N–H and O–H groups in total. The number of aliphatic hydroxyl groups is 5. The average Bonchev–Trinajstić information content (AvgIpc) is 3.14. The van der Waals surface area contributed by atoms with E-state index in [2.05, 4.69) is 31.3 Å². The predicted molar refractivity (Wildman–Crippen MR) is 212 cm³/mol. The van der Waals surface area contributed by atoms with Crippen LogP contribution in [0.5, 0.6) is 0 Å². The van der Waals surface area contributed by atoms with Gasteiger partial charge in [0.05, 0.1) is 25.4 Å². The molecule has 1 rings (SSSR count). The van der Waals surface area contributed by atoms with Crippen LogP contribution in [0.3, 0.4) is 0 Å². The van der Waals surface area contributed by atoms with E-state index < -0.39 is 49.5 Å². The van der Waals surface area contributed by atoms with E-state index in [1.54, 1.807) is 6.08 Å². The van der Waals surface area contributed by atoms with E-state index in [4.69, 9.17) is 9.47 Å². The maximum Gasteiger partial charge on any atom is 0.220 e. The van der Waals surface area contributed by atoms with Crippen molar-refractivity contribution < 1.29 is 39.8 Å². The van der Waals surface area contributed by atoms with Gasteiger partial charge in [-0.1, -0.05) is 173 Å². The molecule has 0 aromatic carbocycles. The van der Waals surface area contributed by atoms with Crippen LogP contribution in [-0.4, -0.2) is 87.5 Å². The Kier molecular flexibility index (Phi) is 32.0. The SMILES string of the molecule is CCCCC/C=C/CC/C=C/[C@@H](O)[C@H](CO[C@H]1O[C@@H](CO)[C@H](O)C(O)C1O)NC(=O)CCCCCCCCCCCCCCCCCCCCCC. The Morgan fingerprint density at radius 1 is 0.635 bits per heavy atom. The lowest BCUT2D eigenvalue weighted by atomic mass is 9.99. The molecular weight excluding hydrogens is 658 g/mol. The van der Waals surface area contributed by atoms with Gasteiger partial charge in [-0.3, -0.25) is 4.79 Å². The molecule has 306 valence electrons. The molecule has 1 aliphatic heterocycles. The second kappa shape index (κ2) is 34.2. The highest BCUT2D eigenvalue weighted by molar-refractivity contribution is 5.76. The first-order valence-corrected chi connectivity index (χ1v) is 21.6. The molecule has 1 fully saturated rings. The summed E-state index contributed by atoms with van der Waals surface area (Å²) >= 11 is 0. The average molecular weight is 740 g/mol. The highest BCUT2D eigenvalue weighted by Gasteiger charge is 2.44. The zero-order valence-electron chi connectivity index (χ0n) is 33.3. The van der Waals surface area contributed by atoms with E-state index in [0.29, 0.717) is 6.42 Å². The normalized spacial score (nSPS) is 22.0. The standard InChI is InChI=1S/C43H81NO8/c1-3-5-7-9-11-13-14-15-16-17-18-19-20-21-22-23-25-27-29-31-33-39(47)44-36(37(46)32-30-28-26-24-12-10-8-6-4-2)35-51-43-42(50)41(49)40(48)38(34-45)52-43/h12,24,30,32,36-38,40-43,45-46,48-50H,3-11,13-23,25-29,31,33-35H2,1-2H3,(H,44,47)/b24-12+,32-30+/t36-,37+,38-,40-,41?,42?,43-/m0/s1. The Morgan fingerprint density at radius 2 is 1.10 bits per heavy atom. The highest BCUT2D eigenvalue weighted by Crippen LogP contribution is 2.22. The molecular formula is C43H81NO8. The molecule has 52 heavy (non-hydrogen) atoms. The molecule has 9 heteroatoms. The van der Waals surface area contributed by atoms with Crippen LogP contribution >= 0.6 is 0 Å². The minimum atomic E-state index is -1.57. The van der Waals surface area contributed by atoms with Gasteiger partial charge in [0.25, 0.3) is 0 Å². The van der Waals surface area contributed by atoms with Gasteiger partial charge >= 0.3 is 0 Å². The van der Waals surface area contributed by atoms with Crippen molar-refractivity contribution in [2.75, 3.05) is 13.2 Å². The fourth-order valence-corrected chi connectivity index (χ4v) is 6.76. The van der Waals surface area contributed by atoms with E-state index in [0.717, 1.165) is 38.5 Å². The van der Waals surface area contributed by atoms with Crippen molar-refractivity contribution in [1.82, 2.24) is 5.32 Å². The monoisotopic (exact) mass is 740 g/mol. The second-order valence-corrected chi connectivity index (χ2v) is 15.1. The second-order valence-electron chi connectivity index (χ2n) is 15.1. The third kappa shape index (κ3) is 24.9. The lowest BCUT2D eigenvalue weighted by Gasteiger charge is -2.40. The third-order valence-corrected chi connectivity index (χ3v) is 10.3. The summed E-state index contributed by atoms with van der Waals surface area (Å²) in [7, 11) is 0. The van der Waals surface area contributed by atoms with Gasteiger partial charge in [-0.25, -0.2) is 0 Å². The number of nitrogens with one attached hydrogen (secondary N) is 1. The van der Waals surface area contributed by atoms with Crippen LogP contribution in [0.2, 0.25) is 0 Å². The number of hydrogen-bond acceptors (Lipinski definition) is 8. The molecule has 0 saturated carbocycles. The lowest BCUT2D eigenvalue weighted by Crippen LogP contribution is -2.60. The number of carbonyl (C=O) groups excluding carboxylic acids is 1. The maximum absolute atomic E-state index is 12.9. The van der Waals surface area contributed by atoms with Gasteiger partial charge in [0.1, 0.15) is 24.4 Å². The fraction of sp³-hybridized carbons (Fsp3) is 0.884. The summed E-state index contributed by atoms with van der Waals surface area (Å²) in [4.78, 5) is 12.9. The van der Waals surface area contributed by atoms with Crippen molar-refractivity contribution in [2.24, 2.45) is 0 Å². The van der Waals surface area contributed by atoms with Gasteiger partial charge in [0.15, 0.2) is 6.29 Å². The van der Waals surface area contributed by atoms with Crippen molar-refractivity contribution in [3.05, 3.63) is 24.3 Å². The zero-order valence-corrected chi connectivity index (χ0v) is 33.3. The molecule has 0 radical (unpaired) electrons. The van der Waals surface area contributed by atoms with Crippen LogP contribution < -0.4 is 5.32 Å². The highest BCUT2D eigenvalue weighted by atomic mass is 16.7. The Hall–Kier alpha value is -1.33. The van der Waals surface area contributed by atoms with Crippen LogP contribution in [0, 0.1) is 0 Å².